The lowest BCUT2D eigenvalue weighted by molar-refractivity contribution is -0.127. The number of thiazole rings is 1. The molecule has 1 amide bonds. The number of thiophene rings is 1. The number of hydrogen-bond donors (Lipinski definition) is 1. The molecule has 19 heavy (non-hydrogen) atoms. The fourth-order valence-electron chi connectivity index (χ4n) is 1.34. The van der Waals surface area contributed by atoms with E-state index in [0.717, 1.165) is 13.4 Å². The molecule has 0 aliphatic rings. The van der Waals surface area contributed by atoms with Crippen molar-refractivity contribution < 1.29 is 4.79 Å². The van der Waals surface area contributed by atoms with Crippen LogP contribution < -0.4 is 5.73 Å². The van der Waals surface area contributed by atoms with Crippen molar-refractivity contribution in [2.75, 3.05) is 18.5 Å². The van der Waals surface area contributed by atoms with Crippen LogP contribution in [0, 0.1) is 0 Å². The number of hydrogen-bond acceptors (Lipinski definition) is 6. The Balaban J connectivity index is 1.82. The van der Waals surface area contributed by atoms with Gasteiger partial charge in [0.2, 0.25) is 5.91 Å². The molecule has 2 N–H and O–H groups in total. The molecule has 0 aliphatic heterocycles. The van der Waals surface area contributed by atoms with Crippen LogP contribution in [-0.2, 0) is 11.3 Å². The van der Waals surface area contributed by atoms with Gasteiger partial charge in [-0.2, -0.15) is 0 Å². The van der Waals surface area contributed by atoms with Gasteiger partial charge in [-0.1, -0.05) is 22.9 Å². The number of amides is 1. The van der Waals surface area contributed by atoms with Crippen molar-refractivity contribution in [2.45, 2.75) is 10.8 Å². The Kier molecular flexibility index (Phi) is 5.09. The SMILES string of the molecule is CN(Cc1ccc(Cl)s1)C(=O)CSc1cnc(N)s1. The number of rotatable bonds is 5. The number of nitrogens with zero attached hydrogens (tertiary/aromatic N) is 2. The molecule has 0 saturated carbocycles. The van der Waals surface area contributed by atoms with Gasteiger partial charge in [0.15, 0.2) is 5.13 Å². The second-order valence-electron chi connectivity index (χ2n) is 3.76. The number of carbonyl (C=O) groups excluding carboxylic acids is 1. The van der Waals surface area contributed by atoms with Crippen molar-refractivity contribution in [3.8, 4) is 0 Å². The normalized spacial score (nSPS) is 10.6. The van der Waals surface area contributed by atoms with Crippen LogP contribution in [0.15, 0.2) is 22.5 Å². The van der Waals surface area contributed by atoms with Crippen LogP contribution >= 0.6 is 46.0 Å². The maximum absolute atomic E-state index is 12.0. The van der Waals surface area contributed by atoms with Gasteiger partial charge in [-0.3, -0.25) is 4.79 Å². The number of thioether (sulfide) groups is 1. The molecule has 0 bridgehead atoms. The zero-order chi connectivity index (χ0) is 13.8. The summed E-state index contributed by atoms with van der Waals surface area (Å²) in [6.07, 6.45) is 1.69. The van der Waals surface area contributed by atoms with E-state index in [-0.39, 0.29) is 5.91 Å². The fourth-order valence-corrected chi connectivity index (χ4v) is 4.18. The van der Waals surface area contributed by atoms with Crippen molar-refractivity contribution >= 4 is 57.1 Å². The van der Waals surface area contributed by atoms with Gasteiger partial charge in [-0.05, 0) is 12.1 Å². The largest absolute Gasteiger partial charge is 0.375 e. The highest BCUT2D eigenvalue weighted by atomic mass is 35.5. The van der Waals surface area contributed by atoms with E-state index in [4.69, 9.17) is 17.3 Å². The maximum Gasteiger partial charge on any atom is 0.233 e. The third kappa shape index (κ3) is 4.38. The van der Waals surface area contributed by atoms with Gasteiger partial charge in [0.1, 0.15) is 0 Å². The molecule has 2 heterocycles. The Bertz CT molecular complexity index is 569. The predicted octanol–water partition coefficient (Wildman–Crippen LogP) is 3.19. The summed E-state index contributed by atoms with van der Waals surface area (Å²) in [5, 5.41) is 0.525. The van der Waals surface area contributed by atoms with E-state index in [1.54, 1.807) is 18.1 Å². The lowest BCUT2D eigenvalue weighted by Gasteiger charge is -2.15. The van der Waals surface area contributed by atoms with Crippen molar-refractivity contribution in [3.63, 3.8) is 0 Å². The Morgan fingerprint density at radius 2 is 2.32 bits per heavy atom. The van der Waals surface area contributed by atoms with Crippen molar-refractivity contribution in [3.05, 3.63) is 27.5 Å². The summed E-state index contributed by atoms with van der Waals surface area (Å²) in [5.74, 6) is 0.457. The summed E-state index contributed by atoms with van der Waals surface area (Å²) in [4.78, 5) is 18.7. The molecule has 4 nitrogen and oxygen atoms in total. The molecule has 102 valence electrons. The smallest absolute Gasteiger partial charge is 0.233 e. The van der Waals surface area contributed by atoms with Crippen molar-refractivity contribution in [1.82, 2.24) is 9.88 Å². The summed E-state index contributed by atoms with van der Waals surface area (Å²) >= 11 is 10.2. The molecule has 8 heteroatoms. The van der Waals surface area contributed by atoms with Crippen molar-refractivity contribution in [2.24, 2.45) is 0 Å². The second-order valence-corrected chi connectivity index (χ2v) is 7.90. The van der Waals surface area contributed by atoms with Gasteiger partial charge < -0.3 is 10.6 Å². The van der Waals surface area contributed by atoms with Crippen LogP contribution in [0.3, 0.4) is 0 Å². The molecule has 0 aliphatic carbocycles. The number of anilines is 1. The minimum Gasteiger partial charge on any atom is -0.375 e. The van der Waals surface area contributed by atoms with Gasteiger partial charge in [0.25, 0.3) is 0 Å². The maximum atomic E-state index is 12.0. The minimum atomic E-state index is 0.0708. The standard InChI is InChI=1S/C11H12ClN3OS3/c1-15(5-7-2-3-8(12)18-7)9(16)6-17-10-4-14-11(13)19-10/h2-4H,5-6H2,1H3,(H2,13,14). The first-order valence-electron chi connectivity index (χ1n) is 5.37. The zero-order valence-corrected chi connectivity index (χ0v) is 13.3. The first kappa shape index (κ1) is 14.6. The van der Waals surface area contributed by atoms with E-state index in [0.29, 0.717) is 17.4 Å². The first-order chi connectivity index (χ1) is 9.04. The molecule has 2 rings (SSSR count). The van der Waals surface area contributed by atoms with Crippen LogP contribution in [0.4, 0.5) is 5.13 Å². The predicted molar refractivity (Wildman–Crippen MR) is 83.1 cm³/mol. The van der Waals surface area contributed by atoms with E-state index in [9.17, 15) is 4.79 Å². The van der Waals surface area contributed by atoms with E-state index in [1.807, 2.05) is 12.1 Å². The van der Waals surface area contributed by atoms with Gasteiger partial charge in [0.05, 0.1) is 27.0 Å². The summed E-state index contributed by atoms with van der Waals surface area (Å²) in [5.41, 5.74) is 5.54. The molecule has 0 unspecified atom stereocenters. The second kappa shape index (κ2) is 6.60. The highest BCUT2D eigenvalue weighted by molar-refractivity contribution is 8.01. The summed E-state index contributed by atoms with van der Waals surface area (Å²) in [6.45, 7) is 0.585. The number of carbonyl (C=O) groups is 1. The van der Waals surface area contributed by atoms with Crippen LogP contribution in [0.5, 0.6) is 0 Å². The van der Waals surface area contributed by atoms with Crippen LogP contribution in [0.25, 0.3) is 0 Å². The quantitative estimate of drug-likeness (QED) is 0.854. The van der Waals surface area contributed by atoms with Crippen LogP contribution in [0.2, 0.25) is 4.34 Å². The third-order valence-corrected chi connectivity index (χ3v) is 5.51. The molecule has 0 spiro atoms. The summed E-state index contributed by atoms with van der Waals surface area (Å²) < 4.78 is 1.70. The Labute approximate surface area is 128 Å². The summed E-state index contributed by atoms with van der Waals surface area (Å²) in [7, 11) is 1.79. The first-order valence-corrected chi connectivity index (χ1v) is 8.36. The van der Waals surface area contributed by atoms with E-state index >= 15 is 0 Å². The molecular weight excluding hydrogens is 322 g/mol. The molecular formula is C11H12ClN3OS3. The van der Waals surface area contributed by atoms with Gasteiger partial charge in [0, 0.05) is 11.9 Å². The highest BCUT2D eigenvalue weighted by Crippen LogP contribution is 2.27. The minimum absolute atomic E-state index is 0.0708. The average Bonchev–Trinajstić information content (AvgIpc) is 2.95. The molecule has 0 saturated heterocycles. The van der Waals surface area contributed by atoms with E-state index < -0.39 is 0 Å². The monoisotopic (exact) mass is 333 g/mol. The molecule has 0 aromatic carbocycles. The number of nitrogen functional groups attached to an aromatic ring is 1. The van der Waals surface area contributed by atoms with E-state index in [2.05, 4.69) is 4.98 Å². The van der Waals surface area contributed by atoms with Crippen LogP contribution in [-0.4, -0.2) is 28.6 Å². The Morgan fingerprint density at radius 1 is 1.53 bits per heavy atom. The molecule has 0 atom stereocenters. The third-order valence-electron chi connectivity index (χ3n) is 2.29. The molecule has 2 aromatic rings. The lowest BCUT2D eigenvalue weighted by atomic mass is 10.4. The highest BCUT2D eigenvalue weighted by Gasteiger charge is 2.12. The Hall–Kier alpha value is -0.760. The average molecular weight is 334 g/mol. The topological polar surface area (TPSA) is 59.2 Å². The van der Waals surface area contributed by atoms with Crippen LogP contribution in [0.1, 0.15) is 4.88 Å². The van der Waals surface area contributed by atoms with Gasteiger partial charge >= 0.3 is 0 Å². The summed E-state index contributed by atoms with van der Waals surface area (Å²) in [6, 6.07) is 3.78. The lowest BCUT2D eigenvalue weighted by Crippen LogP contribution is -2.27. The number of halogens is 1. The zero-order valence-electron chi connectivity index (χ0n) is 10.1. The van der Waals surface area contributed by atoms with Crippen molar-refractivity contribution in [1.29, 1.82) is 0 Å². The molecule has 0 fully saturated rings. The van der Waals surface area contributed by atoms with Gasteiger partial charge in [-0.25, -0.2) is 4.98 Å². The Morgan fingerprint density at radius 3 is 2.89 bits per heavy atom. The molecule has 0 radical (unpaired) electrons. The molecule has 2 aromatic heterocycles. The van der Waals surface area contributed by atoms with Gasteiger partial charge in [-0.15, -0.1) is 23.1 Å². The number of aromatic nitrogens is 1. The van der Waals surface area contributed by atoms with E-state index in [1.165, 1.54) is 34.4 Å². The fraction of sp³-hybridized carbons (Fsp3) is 0.273. The number of nitrogens with two attached hydrogens (primary N) is 1.